The zero-order valence-electron chi connectivity index (χ0n) is 54.4. The topological polar surface area (TPSA) is 78.9 Å². The average molecular weight is 1150 g/mol. The summed E-state index contributed by atoms with van der Waals surface area (Å²) in [7, 11) is 0. The molecule has 0 rings (SSSR count). The van der Waals surface area contributed by atoms with Crippen LogP contribution in [0.5, 0.6) is 0 Å². The molecule has 0 aromatic heterocycles. The molecule has 0 aromatic carbocycles. The molecule has 83 heavy (non-hydrogen) atoms. The number of unbranched alkanes of at least 4 members (excludes halogenated alkanes) is 32. The van der Waals surface area contributed by atoms with Crippen molar-refractivity contribution in [2.24, 2.45) is 0 Å². The molecule has 6 heteroatoms. The Labute approximate surface area is 513 Å². The van der Waals surface area contributed by atoms with Crippen molar-refractivity contribution in [3.05, 3.63) is 122 Å². The third-order valence-electron chi connectivity index (χ3n) is 14.9. The number of esters is 3. The van der Waals surface area contributed by atoms with E-state index in [9.17, 15) is 14.4 Å². The van der Waals surface area contributed by atoms with E-state index in [1.165, 1.54) is 154 Å². The number of carbonyl (C=O) groups is 3. The first kappa shape index (κ1) is 78.8. The van der Waals surface area contributed by atoms with E-state index in [0.717, 1.165) is 135 Å². The zero-order valence-corrected chi connectivity index (χ0v) is 54.4. The molecule has 0 radical (unpaired) electrons. The molecular weight excluding hydrogens is 1020 g/mol. The van der Waals surface area contributed by atoms with Crippen molar-refractivity contribution < 1.29 is 28.6 Å². The fourth-order valence-corrected chi connectivity index (χ4v) is 9.68. The second-order valence-corrected chi connectivity index (χ2v) is 23.1. The number of hydrogen-bond donors (Lipinski definition) is 0. The molecule has 474 valence electrons. The molecule has 0 bridgehead atoms. The van der Waals surface area contributed by atoms with Gasteiger partial charge in [-0.3, -0.25) is 14.4 Å². The smallest absolute Gasteiger partial charge is 0.306 e. The lowest BCUT2D eigenvalue weighted by Gasteiger charge is -2.18. The van der Waals surface area contributed by atoms with Gasteiger partial charge in [0.2, 0.25) is 0 Å². The van der Waals surface area contributed by atoms with Crippen molar-refractivity contribution in [3.8, 4) is 0 Å². The van der Waals surface area contributed by atoms with Gasteiger partial charge in [0.05, 0.1) is 0 Å². The summed E-state index contributed by atoms with van der Waals surface area (Å²) in [4.78, 5) is 38.4. The average Bonchev–Trinajstić information content (AvgIpc) is 3.49. The highest BCUT2D eigenvalue weighted by molar-refractivity contribution is 5.71. The molecule has 0 fully saturated rings. The van der Waals surface area contributed by atoms with Crippen molar-refractivity contribution in [1.29, 1.82) is 0 Å². The van der Waals surface area contributed by atoms with Crippen LogP contribution in [0.4, 0.5) is 0 Å². The summed E-state index contributed by atoms with van der Waals surface area (Å²) in [5.74, 6) is -0.934. The van der Waals surface area contributed by atoms with E-state index in [-0.39, 0.29) is 31.1 Å². The van der Waals surface area contributed by atoms with Gasteiger partial charge in [0.25, 0.3) is 0 Å². The van der Waals surface area contributed by atoms with Crippen molar-refractivity contribution in [2.45, 2.75) is 335 Å². The van der Waals surface area contributed by atoms with E-state index in [1.54, 1.807) is 0 Å². The van der Waals surface area contributed by atoms with Crippen LogP contribution in [0.2, 0.25) is 0 Å². The van der Waals surface area contributed by atoms with Crippen LogP contribution in [0, 0.1) is 0 Å². The van der Waals surface area contributed by atoms with Gasteiger partial charge in [-0.15, -0.1) is 0 Å². The maximum absolute atomic E-state index is 13.0. The fourth-order valence-electron chi connectivity index (χ4n) is 9.68. The summed E-state index contributed by atoms with van der Waals surface area (Å²) in [6.45, 7) is 6.49. The Hall–Kier alpha value is -4.19. The van der Waals surface area contributed by atoms with Crippen molar-refractivity contribution in [1.82, 2.24) is 0 Å². The standard InChI is InChI=1S/C77H130O6/c1-4-7-10-13-16-19-22-25-28-30-32-34-36-38-40-42-44-46-49-52-55-58-61-64-67-70-76(79)82-73-74(72-81-75(78)69-66-63-60-57-54-51-48-27-24-21-18-15-12-9-6-3)83-77(80)71-68-65-62-59-56-53-50-47-45-43-41-39-37-35-33-31-29-26-23-20-17-14-11-8-5-2/h7,10,16,18-19,21,25,27-28,31-34,38,40,44,46,48,52,55,74H,4-6,8-9,11-15,17,20,22-24,26,29-30,35-37,39,41-43,45,47,49-51,53-54,56-73H2,1-3H3/b10-7-,19-16-,21-18-,28-25-,33-31-,34-32-,40-38-,46-44-,48-27-,55-52-. The van der Waals surface area contributed by atoms with Crippen molar-refractivity contribution in [3.63, 3.8) is 0 Å². The first-order valence-corrected chi connectivity index (χ1v) is 35.0. The van der Waals surface area contributed by atoms with Crippen molar-refractivity contribution in [2.75, 3.05) is 13.2 Å². The summed E-state index contributed by atoms with van der Waals surface area (Å²) < 4.78 is 16.9. The molecule has 0 aliphatic carbocycles. The SMILES string of the molecule is CC/C=C\C/C=C\C/C=C\C/C=C\C/C=C\C/C=C\C/C=C\CCCCCC(=O)OCC(COC(=O)CCCCCCC/C=C\C/C=C\CCCCC)OC(=O)CCCCCCCCCCCCCCC/C=C\CCCCCCCCCC. The van der Waals surface area contributed by atoms with Crippen LogP contribution in [-0.4, -0.2) is 37.2 Å². The molecular formula is C77H130O6. The second-order valence-electron chi connectivity index (χ2n) is 23.1. The van der Waals surface area contributed by atoms with E-state index in [2.05, 4.69) is 142 Å². The Morgan fingerprint density at radius 2 is 0.470 bits per heavy atom. The van der Waals surface area contributed by atoms with E-state index in [0.29, 0.717) is 19.3 Å². The Morgan fingerprint density at radius 1 is 0.253 bits per heavy atom. The Morgan fingerprint density at radius 3 is 0.783 bits per heavy atom. The molecule has 0 spiro atoms. The summed E-state index contributed by atoms with van der Waals surface area (Å²) in [5.41, 5.74) is 0. The van der Waals surface area contributed by atoms with E-state index in [4.69, 9.17) is 14.2 Å². The summed E-state index contributed by atoms with van der Waals surface area (Å²) >= 11 is 0. The normalized spacial score (nSPS) is 12.9. The third kappa shape index (κ3) is 68.5. The zero-order chi connectivity index (χ0) is 59.9. The van der Waals surface area contributed by atoms with Gasteiger partial charge in [-0.2, -0.15) is 0 Å². The van der Waals surface area contributed by atoms with E-state index in [1.807, 2.05) is 0 Å². The molecule has 0 heterocycles. The van der Waals surface area contributed by atoms with Gasteiger partial charge in [-0.1, -0.05) is 296 Å². The van der Waals surface area contributed by atoms with Gasteiger partial charge in [-0.05, 0) is 135 Å². The van der Waals surface area contributed by atoms with Crippen LogP contribution in [0.25, 0.3) is 0 Å². The first-order valence-electron chi connectivity index (χ1n) is 35.0. The monoisotopic (exact) mass is 1150 g/mol. The quantitative estimate of drug-likeness (QED) is 0.0261. The minimum absolute atomic E-state index is 0.0971. The lowest BCUT2D eigenvalue weighted by atomic mass is 10.0. The minimum Gasteiger partial charge on any atom is -0.462 e. The number of allylic oxidation sites excluding steroid dienone is 20. The van der Waals surface area contributed by atoms with Gasteiger partial charge in [0, 0.05) is 19.3 Å². The Kier molecular flexibility index (Phi) is 66.7. The lowest BCUT2D eigenvalue weighted by molar-refractivity contribution is -0.167. The number of carbonyl (C=O) groups excluding carboxylic acids is 3. The largest absolute Gasteiger partial charge is 0.462 e. The number of ether oxygens (including phenoxy) is 3. The highest BCUT2D eigenvalue weighted by Crippen LogP contribution is 2.16. The molecule has 0 saturated heterocycles. The lowest BCUT2D eigenvalue weighted by Crippen LogP contribution is -2.30. The van der Waals surface area contributed by atoms with Crippen LogP contribution in [0.1, 0.15) is 329 Å². The van der Waals surface area contributed by atoms with Crippen LogP contribution in [-0.2, 0) is 28.6 Å². The molecule has 1 unspecified atom stereocenters. The Bertz CT molecular complexity index is 1700. The van der Waals surface area contributed by atoms with Gasteiger partial charge < -0.3 is 14.2 Å². The van der Waals surface area contributed by atoms with Crippen LogP contribution in [0.15, 0.2) is 122 Å². The molecule has 0 aliphatic rings. The summed E-state index contributed by atoms with van der Waals surface area (Å²) in [5, 5.41) is 0. The van der Waals surface area contributed by atoms with Crippen LogP contribution < -0.4 is 0 Å². The van der Waals surface area contributed by atoms with Gasteiger partial charge in [0.15, 0.2) is 6.10 Å². The molecule has 6 nitrogen and oxygen atoms in total. The molecule has 0 aliphatic heterocycles. The highest BCUT2D eigenvalue weighted by atomic mass is 16.6. The first-order chi connectivity index (χ1) is 41.0. The third-order valence-corrected chi connectivity index (χ3v) is 14.9. The number of rotatable bonds is 63. The minimum atomic E-state index is -0.803. The second kappa shape index (κ2) is 70.3. The van der Waals surface area contributed by atoms with Crippen LogP contribution >= 0.6 is 0 Å². The molecule has 0 N–H and O–H groups in total. The highest BCUT2D eigenvalue weighted by Gasteiger charge is 2.19. The Balaban J connectivity index is 4.41. The fraction of sp³-hybridized carbons (Fsp3) is 0.701. The van der Waals surface area contributed by atoms with Gasteiger partial charge in [-0.25, -0.2) is 0 Å². The maximum Gasteiger partial charge on any atom is 0.306 e. The molecule has 0 aromatic rings. The molecule has 1 atom stereocenters. The van der Waals surface area contributed by atoms with E-state index < -0.39 is 6.10 Å². The molecule has 0 amide bonds. The van der Waals surface area contributed by atoms with Gasteiger partial charge in [0.1, 0.15) is 13.2 Å². The maximum atomic E-state index is 13.0. The van der Waals surface area contributed by atoms with Crippen LogP contribution in [0.3, 0.4) is 0 Å². The summed E-state index contributed by atoms with van der Waals surface area (Å²) in [6, 6.07) is 0. The van der Waals surface area contributed by atoms with Gasteiger partial charge >= 0.3 is 17.9 Å². The van der Waals surface area contributed by atoms with E-state index >= 15 is 0 Å². The predicted molar refractivity (Wildman–Crippen MR) is 362 cm³/mol. The summed E-state index contributed by atoms with van der Waals surface area (Å²) in [6.07, 6.45) is 97.9. The molecule has 0 saturated carbocycles. The van der Waals surface area contributed by atoms with Crippen molar-refractivity contribution >= 4 is 17.9 Å². The number of hydrogen-bond acceptors (Lipinski definition) is 6. The predicted octanol–water partition coefficient (Wildman–Crippen LogP) is 24.3.